The third-order valence-electron chi connectivity index (χ3n) is 2.45. The maximum absolute atomic E-state index is 4.21. The molecule has 0 aliphatic heterocycles. The van der Waals surface area contributed by atoms with Crippen LogP contribution in [0.3, 0.4) is 0 Å². The average molecular weight is 209 g/mol. The molecule has 16 heavy (non-hydrogen) atoms. The second kappa shape index (κ2) is 3.73. The molecule has 2 heterocycles. The summed E-state index contributed by atoms with van der Waals surface area (Å²) in [6, 6.07) is 10.2. The van der Waals surface area contributed by atoms with Crippen LogP contribution in [0.15, 0.2) is 36.7 Å². The Balaban J connectivity index is 2.04. The molecule has 1 radical (unpaired) electrons. The molecule has 0 fully saturated rings. The van der Waals surface area contributed by atoms with E-state index in [0.717, 1.165) is 23.3 Å². The Bertz CT molecular complexity index is 600. The molecule has 2 aromatic heterocycles. The van der Waals surface area contributed by atoms with Gasteiger partial charge in [0.25, 0.3) is 0 Å². The first kappa shape index (κ1) is 9.03. The van der Waals surface area contributed by atoms with Crippen LogP contribution in [0, 0.1) is 6.33 Å². The first-order valence-corrected chi connectivity index (χ1v) is 5.03. The molecule has 3 rings (SSSR count). The van der Waals surface area contributed by atoms with Gasteiger partial charge in [-0.2, -0.15) is 0 Å². The van der Waals surface area contributed by atoms with Crippen LogP contribution in [0.1, 0.15) is 11.3 Å². The van der Waals surface area contributed by atoms with E-state index in [1.54, 1.807) is 6.33 Å². The lowest BCUT2D eigenvalue weighted by molar-refractivity contribution is 1.04. The summed E-state index contributed by atoms with van der Waals surface area (Å²) >= 11 is 0. The summed E-state index contributed by atoms with van der Waals surface area (Å²) < 4.78 is 0. The molecule has 4 heteroatoms. The van der Waals surface area contributed by atoms with Crippen molar-refractivity contribution in [1.82, 2.24) is 19.9 Å². The molecule has 1 N–H and O–H groups in total. The number of hydrogen-bond donors (Lipinski definition) is 1. The monoisotopic (exact) mass is 209 g/mol. The number of H-pyrrole nitrogens is 1. The van der Waals surface area contributed by atoms with Gasteiger partial charge in [0.1, 0.15) is 5.52 Å². The fourth-order valence-electron chi connectivity index (χ4n) is 1.68. The molecule has 77 valence electrons. The first-order valence-electron chi connectivity index (χ1n) is 5.03. The molecule has 4 nitrogen and oxygen atoms in total. The van der Waals surface area contributed by atoms with Crippen LogP contribution in [-0.2, 0) is 6.42 Å². The Morgan fingerprint density at radius 2 is 2.00 bits per heavy atom. The predicted octanol–water partition coefficient (Wildman–Crippen LogP) is 1.74. The number of rotatable bonds is 2. The number of aromatic amines is 1. The zero-order valence-electron chi connectivity index (χ0n) is 8.51. The van der Waals surface area contributed by atoms with E-state index >= 15 is 0 Å². The van der Waals surface area contributed by atoms with Crippen LogP contribution in [0.25, 0.3) is 11.2 Å². The van der Waals surface area contributed by atoms with Gasteiger partial charge in [0, 0.05) is 6.42 Å². The van der Waals surface area contributed by atoms with Crippen LogP contribution >= 0.6 is 0 Å². The molecular formula is C12H9N4. The summed E-state index contributed by atoms with van der Waals surface area (Å²) in [6.07, 6.45) is 5.02. The number of nitrogens with zero attached hydrogens (tertiary/aromatic N) is 3. The van der Waals surface area contributed by atoms with Crippen molar-refractivity contribution in [2.24, 2.45) is 0 Å². The van der Waals surface area contributed by atoms with Crippen LogP contribution < -0.4 is 0 Å². The second-order valence-electron chi connectivity index (χ2n) is 3.53. The molecule has 0 saturated heterocycles. The van der Waals surface area contributed by atoms with E-state index in [2.05, 4.69) is 38.4 Å². The molecule has 0 bridgehead atoms. The molecule has 0 aliphatic carbocycles. The minimum atomic E-state index is 0.737. The Labute approximate surface area is 92.4 Å². The highest BCUT2D eigenvalue weighted by Crippen LogP contribution is 2.13. The maximum atomic E-state index is 4.21. The van der Waals surface area contributed by atoms with Gasteiger partial charge in [-0.25, -0.2) is 15.0 Å². The SMILES string of the molecule is [c]1nc(Cc2ccccc2)c2nc[nH]c2n1. The van der Waals surface area contributed by atoms with Crippen molar-refractivity contribution in [1.29, 1.82) is 0 Å². The quantitative estimate of drug-likeness (QED) is 0.699. The standard InChI is InChI=1S/C12H9N4/c1-2-4-9(5-3-1)6-10-11-12(15-7-13-10)16-8-14-11/h1-5,8H,6H2,(H,13,14,15,16). The molecule has 0 spiro atoms. The normalized spacial score (nSPS) is 10.8. The van der Waals surface area contributed by atoms with E-state index < -0.39 is 0 Å². The van der Waals surface area contributed by atoms with Gasteiger partial charge in [-0.1, -0.05) is 30.3 Å². The minimum absolute atomic E-state index is 0.737. The maximum Gasteiger partial charge on any atom is 0.200 e. The van der Waals surface area contributed by atoms with Crippen LogP contribution in [-0.4, -0.2) is 19.9 Å². The summed E-state index contributed by atoms with van der Waals surface area (Å²) in [5.41, 5.74) is 3.67. The van der Waals surface area contributed by atoms with E-state index in [1.807, 2.05) is 18.2 Å². The topological polar surface area (TPSA) is 54.5 Å². The van der Waals surface area contributed by atoms with E-state index in [-0.39, 0.29) is 0 Å². The Kier molecular flexibility index (Phi) is 2.11. The molecule has 0 amide bonds. The largest absolute Gasteiger partial charge is 0.329 e. The molecule has 0 saturated carbocycles. The lowest BCUT2D eigenvalue weighted by atomic mass is 10.1. The molecule has 1 aromatic carbocycles. The van der Waals surface area contributed by atoms with Gasteiger partial charge in [0.15, 0.2) is 12.0 Å². The zero-order valence-corrected chi connectivity index (χ0v) is 8.51. The van der Waals surface area contributed by atoms with Gasteiger partial charge in [0.05, 0.1) is 12.0 Å². The molecule has 0 atom stereocenters. The number of fused-ring (bicyclic) bond motifs is 1. The summed E-state index contributed by atoms with van der Waals surface area (Å²) in [6.45, 7) is 0. The number of nitrogens with one attached hydrogen (secondary N) is 1. The highest BCUT2D eigenvalue weighted by molar-refractivity contribution is 5.72. The van der Waals surface area contributed by atoms with Crippen molar-refractivity contribution in [3.63, 3.8) is 0 Å². The van der Waals surface area contributed by atoms with Crippen molar-refractivity contribution in [3.05, 3.63) is 54.2 Å². The average Bonchev–Trinajstić information content (AvgIpc) is 2.80. The lowest BCUT2D eigenvalue weighted by Crippen LogP contribution is -1.95. The first-order chi connectivity index (χ1) is 7.93. The van der Waals surface area contributed by atoms with E-state index in [4.69, 9.17) is 0 Å². The van der Waals surface area contributed by atoms with Gasteiger partial charge in [-0.05, 0) is 5.56 Å². The Morgan fingerprint density at radius 3 is 2.88 bits per heavy atom. The fraction of sp³-hybridized carbons (Fsp3) is 0.0833. The van der Waals surface area contributed by atoms with Crippen molar-refractivity contribution < 1.29 is 0 Å². The van der Waals surface area contributed by atoms with Crippen LogP contribution in [0.4, 0.5) is 0 Å². The van der Waals surface area contributed by atoms with Crippen molar-refractivity contribution in [3.8, 4) is 0 Å². The van der Waals surface area contributed by atoms with Crippen molar-refractivity contribution >= 4 is 11.2 Å². The van der Waals surface area contributed by atoms with Crippen LogP contribution in [0.2, 0.25) is 0 Å². The third kappa shape index (κ3) is 1.54. The number of benzene rings is 1. The summed E-state index contributed by atoms with van der Waals surface area (Å²) in [7, 11) is 0. The van der Waals surface area contributed by atoms with Gasteiger partial charge < -0.3 is 4.98 Å². The molecule has 3 aromatic rings. The smallest absolute Gasteiger partial charge is 0.200 e. The zero-order chi connectivity index (χ0) is 10.8. The minimum Gasteiger partial charge on any atom is -0.329 e. The second-order valence-corrected chi connectivity index (χ2v) is 3.53. The predicted molar refractivity (Wildman–Crippen MR) is 59.8 cm³/mol. The fourth-order valence-corrected chi connectivity index (χ4v) is 1.68. The van der Waals surface area contributed by atoms with Gasteiger partial charge in [0.2, 0.25) is 0 Å². The summed E-state index contributed by atoms with van der Waals surface area (Å²) in [5.74, 6) is 0. The van der Waals surface area contributed by atoms with E-state index in [0.29, 0.717) is 0 Å². The van der Waals surface area contributed by atoms with Gasteiger partial charge in [-0.15, -0.1) is 0 Å². The highest BCUT2D eigenvalue weighted by atomic mass is 15.0. The molecule has 0 aliphatic rings. The summed E-state index contributed by atoms with van der Waals surface area (Å²) in [4.78, 5) is 15.3. The number of imidazole rings is 1. The van der Waals surface area contributed by atoms with E-state index in [1.165, 1.54) is 5.56 Å². The van der Waals surface area contributed by atoms with E-state index in [9.17, 15) is 0 Å². The van der Waals surface area contributed by atoms with Gasteiger partial charge >= 0.3 is 0 Å². The molecular weight excluding hydrogens is 200 g/mol. The van der Waals surface area contributed by atoms with Crippen molar-refractivity contribution in [2.45, 2.75) is 6.42 Å². The number of hydrogen-bond acceptors (Lipinski definition) is 3. The summed E-state index contributed by atoms with van der Waals surface area (Å²) in [5, 5.41) is 0. The van der Waals surface area contributed by atoms with Crippen molar-refractivity contribution in [2.75, 3.05) is 0 Å². The Morgan fingerprint density at radius 1 is 1.12 bits per heavy atom. The van der Waals surface area contributed by atoms with Crippen LogP contribution in [0.5, 0.6) is 0 Å². The highest BCUT2D eigenvalue weighted by Gasteiger charge is 2.06. The molecule has 0 unspecified atom stereocenters. The Hall–Kier alpha value is -2.23. The third-order valence-corrected chi connectivity index (χ3v) is 2.45. The van der Waals surface area contributed by atoms with Gasteiger partial charge in [-0.3, -0.25) is 0 Å². The lowest BCUT2D eigenvalue weighted by Gasteiger charge is -2.00. The number of aromatic nitrogens is 4.